The van der Waals surface area contributed by atoms with Gasteiger partial charge in [0.05, 0.1) is 0 Å². The molecule has 6 heteroatoms. The molecule has 7 aromatic carbocycles. The van der Waals surface area contributed by atoms with E-state index in [1.807, 2.05) is 78.9 Å². The Kier molecular flexibility index (Phi) is 12.1. The van der Waals surface area contributed by atoms with Gasteiger partial charge in [0.15, 0.2) is 11.6 Å². The third kappa shape index (κ3) is 8.86. The largest absolute Gasteiger partial charge is 0.294 e. The fourth-order valence-corrected chi connectivity index (χ4v) is 12.5. The van der Waals surface area contributed by atoms with Crippen LogP contribution in [0.2, 0.25) is 0 Å². The quantitative estimate of drug-likeness (QED) is 0.0820. The number of hydrogen-bond acceptors (Lipinski definition) is 2. The number of carbonyl (C=O) groups excluding carboxylic acids is 2. The summed E-state index contributed by atoms with van der Waals surface area (Å²) in [5.74, 6) is -0.908. The molecule has 54 heavy (non-hydrogen) atoms. The first kappa shape index (κ1) is 36.9. The molecule has 0 N–H and O–H groups in total. The zero-order valence-corrected chi connectivity index (χ0v) is 31.3. The average molecular weight is 747 g/mol. The van der Waals surface area contributed by atoms with Crippen LogP contribution in [-0.2, 0) is 0 Å². The summed E-state index contributed by atoms with van der Waals surface area (Å²) in [6.07, 6.45) is 0.409. The first-order chi connectivity index (χ1) is 26.4. The fraction of sp³-hybridized carbons (Fsp3) is 0.0833. The molecule has 0 aliphatic heterocycles. The lowest BCUT2D eigenvalue weighted by atomic mass is 9.97. The second kappa shape index (κ2) is 17.6. The lowest BCUT2D eigenvalue weighted by molar-refractivity contribution is 0.0974. The van der Waals surface area contributed by atoms with Crippen molar-refractivity contribution < 1.29 is 18.4 Å². The normalized spacial score (nSPS) is 12.4. The number of benzene rings is 7. The molecule has 0 spiro atoms. The molecule has 0 aliphatic rings. The molecule has 2 nitrogen and oxygen atoms in total. The van der Waals surface area contributed by atoms with Crippen molar-refractivity contribution in [2.75, 3.05) is 0 Å². The molecule has 0 bridgehead atoms. The van der Waals surface area contributed by atoms with Crippen LogP contribution in [-0.4, -0.2) is 11.6 Å². The van der Waals surface area contributed by atoms with E-state index < -0.39 is 15.8 Å². The van der Waals surface area contributed by atoms with Gasteiger partial charge >= 0.3 is 0 Å². The van der Waals surface area contributed by atoms with Crippen LogP contribution >= 0.6 is 15.8 Å². The van der Waals surface area contributed by atoms with Crippen molar-refractivity contribution in [1.82, 2.24) is 0 Å². The highest BCUT2D eigenvalue weighted by atomic mass is 31.1. The molecule has 0 fully saturated rings. The Hall–Kier alpha value is -5.40. The summed E-state index contributed by atoms with van der Waals surface area (Å²) in [6.45, 7) is 0. The van der Waals surface area contributed by atoms with Crippen molar-refractivity contribution in [3.05, 3.63) is 228 Å². The maximum Gasteiger partial charge on any atom is 0.163 e. The standard InChI is InChI=1S/C48H38F2O2P2/c49-39-28-24-35(25-29-39)45(51)33-47(53(41-16-5-1-6-17-41)42-18-7-2-8-19-42)37-14-13-15-38(32-37)48(34-46(52)36-26-30-40(50)31-27-36)54(43-20-9-3-10-21-43)44-22-11-4-12-23-44/h1-32,47-48H,33-34H2/t47-,48-/m0/s1. The van der Waals surface area contributed by atoms with Gasteiger partial charge in [-0.25, -0.2) is 8.78 Å². The molecule has 0 saturated heterocycles. The van der Waals surface area contributed by atoms with Gasteiger partial charge in [0.1, 0.15) is 11.6 Å². The van der Waals surface area contributed by atoms with Gasteiger partial charge in [0.2, 0.25) is 0 Å². The number of Topliss-reactive ketones (excluding diaryl/α,β-unsaturated/α-hetero) is 2. The zero-order valence-electron chi connectivity index (χ0n) is 29.5. The van der Waals surface area contributed by atoms with Crippen LogP contribution < -0.4 is 21.2 Å². The average Bonchev–Trinajstić information content (AvgIpc) is 3.22. The molecular formula is C48H38F2O2P2. The Morgan fingerprint density at radius 2 is 0.685 bits per heavy atom. The van der Waals surface area contributed by atoms with Crippen LogP contribution in [0.3, 0.4) is 0 Å². The molecule has 266 valence electrons. The second-order valence-corrected chi connectivity index (χ2v) is 17.8. The van der Waals surface area contributed by atoms with Crippen LogP contribution in [0.1, 0.15) is 56.0 Å². The van der Waals surface area contributed by atoms with Crippen LogP contribution in [0.25, 0.3) is 0 Å². The summed E-state index contributed by atoms with van der Waals surface area (Å²) in [6, 6.07) is 61.3. The van der Waals surface area contributed by atoms with E-state index >= 15 is 0 Å². The maximum atomic E-state index is 14.1. The summed E-state index contributed by atoms with van der Waals surface area (Å²) < 4.78 is 27.9. The number of carbonyl (C=O) groups is 2. The Morgan fingerprint density at radius 1 is 0.389 bits per heavy atom. The van der Waals surface area contributed by atoms with Crippen molar-refractivity contribution in [2.45, 2.75) is 24.2 Å². The Morgan fingerprint density at radius 3 is 0.981 bits per heavy atom. The molecule has 0 unspecified atom stereocenters. The summed E-state index contributed by atoms with van der Waals surface area (Å²) >= 11 is 0. The van der Waals surface area contributed by atoms with Gasteiger partial charge in [0.25, 0.3) is 0 Å². The molecule has 0 aliphatic carbocycles. The topological polar surface area (TPSA) is 34.1 Å². The van der Waals surface area contributed by atoms with E-state index in [4.69, 9.17) is 0 Å². The minimum absolute atomic E-state index is 0.0661. The minimum Gasteiger partial charge on any atom is -0.294 e. The molecular weight excluding hydrogens is 708 g/mol. The van der Waals surface area contributed by atoms with Gasteiger partial charge in [-0.15, -0.1) is 0 Å². The first-order valence-corrected chi connectivity index (χ1v) is 20.7. The van der Waals surface area contributed by atoms with Crippen molar-refractivity contribution in [2.24, 2.45) is 0 Å². The van der Waals surface area contributed by atoms with E-state index in [0.29, 0.717) is 11.1 Å². The highest BCUT2D eigenvalue weighted by Crippen LogP contribution is 2.55. The van der Waals surface area contributed by atoms with Crippen molar-refractivity contribution in [3.63, 3.8) is 0 Å². The number of ketones is 2. The van der Waals surface area contributed by atoms with Gasteiger partial charge in [-0.2, -0.15) is 0 Å². The van der Waals surface area contributed by atoms with Gasteiger partial charge in [-0.3, -0.25) is 9.59 Å². The second-order valence-electron chi connectivity index (χ2n) is 13.1. The predicted molar refractivity (Wildman–Crippen MR) is 221 cm³/mol. The van der Waals surface area contributed by atoms with Gasteiger partial charge in [-0.05, 0) is 96.7 Å². The van der Waals surface area contributed by atoms with Crippen LogP contribution in [0.5, 0.6) is 0 Å². The summed E-state index contributed by atoms with van der Waals surface area (Å²) in [7, 11) is -2.20. The number of halogens is 2. The van der Waals surface area contributed by atoms with Crippen LogP contribution in [0, 0.1) is 11.6 Å². The zero-order chi connectivity index (χ0) is 37.3. The number of rotatable bonds is 14. The van der Waals surface area contributed by atoms with E-state index in [1.165, 1.54) is 24.3 Å². The van der Waals surface area contributed by atoms with Crippen LogP contribution in [0.4, 0.5) is 8.78 Å². The van der Waals surface area contributed by atoms with E-state index in [-0.39, 0.29) is 47.4 Å². The Bertz CT molecular complexity index is 2040. The maximum absolute atomic E-state index is 14.1. The molecule has 2 atom stereocenters. The fourth-order valence-electron chi connectivity index (χ4n) is 6.92. The molecule has 0 saturated carbocycles. The summed E-state index contributed by atoms with van der Waals surface area (Å²) in [5, 5.41) is 4.56. The van der Waals surface area contributed by atoms with Crippen LogP contribution in [0.15, 0.2) is 194 Å². The van der Waals surface area contributed by atoms with E-state index in [0.717, 1.165) is 32.3 Å². The summed E-state index contributed by atoms with van der Waals surface area (Å²) in [4.78, 5) is 28.3. The van der Waals surface area contributed by atoms with E-state index in [2.05, 4.69) is 66.7 Å². The SMILES string of the molecule is O=C(C[C@@H](c1cccc([C@H](CC(=O)c2ccc(F)cc2)P(c2ccccc2)c2ccccc2)c1)P(c1ccccc1)c1ccccc1)c1ccc(F)cc1. The molecule has 0 aromatic heterocycles. The van der Waals surface area contributed by atoms with Gasteiger partial charge in [-0.1, -0.05) is 146 Å². The Labute approximate surface area is 318 Å². The third-order valence-corrected chi connectivity index (χ3v) is 15.2. The highest BCUT2D eigenvalue weighted by molar-refractivity contribution is 7.73. The third-order valence-electron chi connectivity index (χ3n) is 9.53. The van der Waals surface area contributed by atoms with Crippen molar-refractivity contribution in [1.29, 1.82) is 0 Å². The molecule has 7 rings (SSSR count). The van der Waals surface area contributed by atoms with E-state index in [1.54, 1.807) is 24.3 Å². The first-order valence-electron chi connectivity index (χ1n) is 17.9. The minimum atomic E-state index is -1.10. The Balaban J connectivity index is 1.39. The lowest BCUT2D eigenvalue weighted by Crippen LogP contribution is -2.21. The van der Waals surface area contributed by atoms with Gasteiger partial charge in [0, 0.05) is 35.3 Å². The molecule has 0 heterocycles. The molecule has 0 amide bonds. The lowest BCUT2D eigenvalue weighted by Gasteiger charge is -2.32. The predicted octanol–water partition coefficient (Wildman–Crippen LogP) is 10.9. The molecule has 0 radical (unpaired) electrons. The van der Waals surface area contributed by atoms with Crippen molar-refractivity contribution >= 4 is 48.6 Å². The summed E-state index contributed by atoms with van der Waals surface area (Å²) in [5.41, 5.74) is 2.45. The van der Waals surface area contributed by atoms with E-state index in [9.17, 15) is 18.4 Å². The number of hydrogen-bond donors (Lipinski definition) is 0. The monoisotopic (exact) mass is 746 g/mol. The van der Waals surface area contributed by atoms with Crippen molar-refractivity contribution in [3.8, 4) is 0 Å². The smallest absolute Gasteiger partial charge is 0.163 e. The van der Waals surface area contributed by atoms with Gasteiger partial charge < -0.3 is 0 Å². The highest BCUT2D eigenvalue weighted by Gasteiger charge is 2.32. The molecule has 7 aromatic rings.